The molecule has 1 N–H and O–H groups in total. The SMILES string of the molecule is COc1cc2c(cc1OC)CN(C(=O)c1ccc(NC3CCCCC3)cn1)CC2. The molecule has 2 aliphatic rings. The third-order valence-corrected chi connectivity index (χ3v) is 5.96. The summed E-state index contributed by atoms with van der Waals surface area (Å²) in [6.45, 7) is 1.23. The van der Waals surface area contributed by atoms with Crippen molar-refractivity contribution in [2.45, 2.75) is 51.1 Å². The van der Waals surface area contributed by atoms with E-state index in [4.69, 9.17) is 9.47 Å². The van der Waals surface area contributed by atoms with Crippen molar-refractivity contribution in [3.63, 3.8) is 0 Å². The second-order valence-corrected chi connectivity index (χ2v) is 7.86. The van der Waals surface area contributed by atoms with Crippen LogP contribution in [0, 0.1) is 0 Å². The van der Waals surface area contributed by atoms with E-state index in [-0.39, 0.29) is 5.91 Å². The molecule has 6 nitrogen and oxygen atoms in total. The van der Waals surface area contributed by atoms with Gasteiger partial charge >= 0.3 is 0 Å². The van der Waals surface area contributed by atoms with Gasteiger partial charge in [-0.15, -0.1) is 0 Å². The zero-order chi connectivity index (χ0) is 20.2. The summed E-state index contributed by atoms with van der Waals surface area (Å²) in [4.78, 5) is 19.3. The number of fused-ring (bicyclic) bond motifs is 1. The second-order valence-electron chi connectivity index (χ2n) is 7.86. The van der Waals surface area contributed by atoms with E-state index >= 15 is 0 Å². The molecular weight excluding hydrogens is 366 g/mol. The van der Waals surface area contributed by atoms with Gasteiger partial charge in [0.25, 0.3) is 5.91 Å². The predicted molar refractivity (Wildman–Crippen MR) is 113 cm³/mol. The molecule has 1 aromatic heterocycles. The highest BCUT2D eigenvalue weighted by molar-refractivity contribution is 5.92. The van der Waals surface area contributed by atoms with Crippen molar-refractivity contribution in [2.75, 3.05) is 26.1 Å². The Morgan fingerprint density at radius 3 is 2.45 bits per heavy atom. The summed E-state index contributed by atoms with van der Waals surface area (Å²) < 4.78 is 10.8. The first-order valence-electron chi connectivity index (χ1n) is 10.4. The number of methoxy groups -OCH3 is 2. The summed E-state index contributed by atoms with van der Waals surface area (Å²) >= 11 is 0. The zero-order valence-corrected chi connectivity index (χ0v) is 17.2. The average molecular weight is 396 g/mol. The Bertz CT molecular complexity index is 860. The van der Waals surface area contributed by atoms with Crippen LogP contribution in [-0.4, -0.2) is 42.6 Å². The van der Waals surface area contributed by atoms with Crippen LogP contribution in [0.15, 0.2) is 30.5 Å². The minimum atomic E-state index is -0.0327. The maximum Gasteiger partial charge on any atom is 0.272 e. The van der Waals surface area contributed by atoms with Gasteiger partial charge in [0.2, 0.25) is 0 Å². The average Bonchev–Trinajstić information content (AvgIpc) is 2.78. The van der Waals surface area contributed by atoms with Crippen molar-refractivity contribution in [3.8, 4) is 11.5 Å². The molecule has 0 saturated heterocycles. The lowest BCUT2D eigenvalue weighted by molar-refractivity contribution is 0.0728. The van der Waals surface area contributed by atoms with Gasteiger partial charge < -0.3 is 19.7 Å². The van der Waals surface area contributed by atoms with Crippen LogP contribution in [0.5, 0.6) is 11.5 Å². The summed E-state index contributed by atoms with van der Waals surface area (Å²) in [5.74, 6) is 1.39. The highest BCUT2D eigenvalue weighted by Crippen LogP contribution is 2.33. The van der Waals surface area contributed by atoms with Crippen LogP contribution in [0.3, 0.4) is 0 Å². The summed E-state index contributed by atoms with van der Waals surface area (Å²) in [6, 6.07) is 8.31. The fourth-order valence-corrected chi connectivity index (χ4v) is 4.31. The number of amides is 1. The molecule has 6 heteroatoms. The number of nitrogens with one attached hydrogen (secondary N) is 1. The third-order valence-electron chi connectivity index (χ3n) is 5.96. The number of hydrogen-bond donors (Lipinski definition) is 1. The molecule has 1 aliphatic carbocycles. The topological polar surface area (TPSA) is 63.7 Å². The highest BCUT2D eigenvalue weighted by atomic mass is 16.5. The molecule has 1 saturated carbocycles. The molecule has 0 radical (unpaired) electrons. The lowest BCUT2D eigenvalue weighted by Gasteiger charge is -2.29. The van der Waals surface area contributed by atoms with Crippen molar-refractivity contribution in [1.29, 1.82) is 0 Å². The fourth-order valence-electron chi connectivity index (χ4n) is 4.31. The van der Waals surface area contributed by atoms with Crippen LogP contribution in [0.1, 0.15) is 53.7 Å². The molecule has 1 fully saturated rings. The number of rotatable bonds is 5. The van der Waals surface area contributed by atoms with Crippen molar-refractivity contribution in [2.24, 2.45) is 0 Å². The highest BCUT2D eigenvalue weighted by Gasteiger charge is 2.24. The quantitative estimate of drug-likeness (QED) is 0.828. The number of hydrogen-bond acceptors (Lipinski definition) is 5. The van der Waals surface area contributed by atoms with Gasteiger partial charge in [-0.3, -0.25) is 4.79 Å². The normalized spacial score (nSPS) is 16.8. The number of carbonyl (C=O) groups is 1. The van der Waals surface area contributed by atoms with E-state index in [1.165, 1.54) is 37.7 Å². The molecule has 0 bridgehead atoms. The van der Waals surface area contributed by atoms with Gasteiger partial charge in [-0.2, -0.15) is 0 Å². The summed E-state index contributed by atoms with van der Waals surface area (Å²) in [6.07, 6.45) is 8.91. The Morgan fingerprint density at radius 1 is 1.07 bits per heavy atom. The predicted octanol–water partition coefficient (Wildman–Crippen LogP) is 4.04. The van der Waals surface area contributed by atoms with E-state index < -0.39 is 0 Å². The van der Waals surface area contributed by atoms with Gasteiger partial charge in [-0.25, -0.2) is 4.98 Å². The number of carbonyl (C=O) groups excluding carboxylic acids is 1. The van der Waals surface area contributed by atoms with Gasteiger partial charge in [0.1, 0.15) is 5.69 Å². The Labute approximate surface area is 172 Å². The van der Waals surface area contributed by atoms with Crippen molar-refractivity contribution >= 4 is 11.6 Å². The Morgan fingerprint density at radius 2 is 1.79 bits per heavy atom. The molecule has 0 unspecified atom stereocenters. The van der Waals surface area contributed by atoms with E-state index in [1.54, 1.807) is 20.4 Å². The van der Waals surface area contributed by atoms with Gasteiger partial charge in [0.05, 0.1) is 26.1 Å². The molecule has 0 atom stereocenters. The zero-order valence-electron chi connectivity index (χ0n) is 17.2. The van der Waals surface area contributed by atoms with E-state index in [0.29, 0.717) is 30.6 Å². The number of anilines is 1. The minimum Gasteiger partial charge on any atom is -0.493 e. The smallest absolute Gasteiger partial charge is 0.272 e. The molecule has 1 amide bonds. The molecule has 154 valence electrons. The summed E-state index contributed by atoms with van der Waals surface area (Å²) in [5.41, 5.74) is 3.78. The minimum absolute atomic E-state index is 0.0327. The molecule has 29 heavy (non-hydrogen) atoms. The molecule has 2 heterocycles. The molecule has 2 aromatic rings. The van der Waals surface area contributed by atoms with Crippen LogP contribution in [0.2, 0.25) is 0 Å². The number of nitrogens with zero attached hydrogens (tertiary/aromatic N) is 2. The molecule has 4 rings (SSSR count). The van der Waals surface area contributed by atoms with Crippen LogP contribution >= 0.6 is 0 Å². The monoisotopic (exact) mass is 395 g/mol. The van der Waals surface area contributed by atoms with E-state index in [0.717, 1.165) is 23.4 Å². The number of aromatic nitrogens is 1. The van der Waals surface area contributed by atoms with E-state index in [2.05, 4.69) is 10.3 Å². The fraction of sp³-hybridized carbons (Fsp3) is 0.478. The van der Waals surface area contributed by atoms with Gasteiger partial charge in [-0.05, 0) is 54.7 Å². The Balaban J connectivity index is 1.43. The third kappa shape index (κ3) is 4.31. The number of benzene rings is 1. The lowest BCUT2D eigenvalue weighted by atomic mass is 9.95. The molecule has 1 aromatic carbocycles. The first-order chi connectivity index (χ1) is 14.2. The molecule has 1 aliphatic heterocycles. The second kappa shape index (κ2) is 8.72. The van der Waals surface area contributed by atoms with Gasteiger partial charge in [0.15, 0.2) is 11.5 Å². The Hall–Kier alpha value is -2.76. The van der Waals surface area contributed by atoms with Crippen molar-refractivity contribution in [3.05, 3.63) is 47.3 Å². The van der Waals surface area contributed by atoms with E-state index in [1.807, 2.05) is 29.2 Å². The standard InChI is InChI=1S/C23H29N3O3/c1-28-21-12-16-10-11-26(15-17(16)13-22(21)29-2)23(27)20-9-8-19(14-24-20)25-18-6-4-3-5-7-18/h8-9,12-14,18,25H,3-7,10-11,15H2,1-2H3. The maximum absolute atomic E-state index is 13.0. The molecule has 0 spiro atoms. The number of pyridine rings is 1. The first kappa shape index (κ1) is 19.6. The summed E-state index contributed by atoms with van der Waals surface area (Å²) in [7, 11) is 3.27. The molecular formula is C23H29N3O3. The summed E-state index contributed by atoms with van der Waals surface area (Å²) in [5, 5.41) is 3.55. The van der Waals surface area contributed by atoms with Gasteiger partial charge in [-0.1, -0.05) is 19.3 Å². The largest absolute Gasteiger partial charge is 0.493 e. The van der Waals surface area contributed by atoms with Crippen molar-refractivity contribution < 1.29 is 14.3 Å². The van der Waals surface area contributed by atoms with Crippen LogP contribution in [0.4, 0.5) is 5.69 Å². The first-order valence-corrected chi connectivity index (χ1v) is 10.4. The van der Waals surface area contributed by atoms with Crippen LogP contribution in [0.25, 0.3) is 0 Å². The Kier molecular flexibility index (Phi) is 5.88. The lowest BCUT2D eigenvalue weighted by Crippen LogP contribution is -2.36. The van der Waals surface area contributed by atoms with Crippen LogP contribution < -0.4 is 14.8 Å². The number of ether oxygens (including phenoxy) is 2. The van der Waals surface area contributed by atoms with Crippen molar-refractivity contribution in [1.82, 2.24) is 9.88 Å². The van der Waals surface area contributed by atoms with E-state index in [9.17, 15) is 4.79 Å². The maximum atomic E-state index is 13.0. The van der Waals surface area contributed by atoms with Gasteiger partial charge in [0, 0.05) is 19.1 Å². The van der Waals surface area contributed by atoms with Crippen LogP contribution in [-0.2, 0) is 13.0 Å².